The van der Waals surface area contributed by atoms with Crippen LogP contribution in [0.4, 0.5) is 10.5 Å². The number of urea groups is 1. The highest BCUT2D eigenvalue weighted by Crippen LogP contribution is 2.24. The summed E-state index contributed by atoms with van der Waals surface area (Å²) in [6.07, 6.45) is 5.02. The Morgan fingerprint density at radius 3 is 2.54 bits per heavy atom. The lowest BCUT2D eigenvalue weighted by Gasteiger charge is -2.31. The molecule has 1 aromatic carbocycles. The molecule has 7 heteroatoms. The molecule has 3 amide bonds. The predicted molar refractivity (Wildman–Crippen MR) is 110 cm³/mol. The molecule has 28 heavy (non-hydrogen) atoms. The number of likely N-dealkylation sites (tertiary alicyclic amines) is 2. The Morgan fingerprint density at radius 2 is 1.82 bits per heavy atom. The van der Waals surface area contributed by atoms with E-state index in [-0.39, 0.29) is 17.9 Å². The Morgan fingerprint density at radius 1 is 1.11 bits per heavy atom. The summed E-state index contributed by atoms with van der Waals surface area (Å²) >= 11 is 0. The van der Waals surface area contributed by atoms with Crippen LogP contribution in [-0.4, -0.2) is 68.1 Å². The number of carbonyl (C=O) groups is 2. The first kappa shape index (κ1) is 20.5. The Kier molecular flexibility index (Phi) is 7.54. The van der Waals surface area contributed by atoms with Gasteiger partial charge in [-0.25, -0.2) is 4.79 Å². The monoisotopic (exact) mass is 388 g/mol. The standard InChI is InChI=1S/C21H32N4O3/c1-28-19-8-3-2-7-18(19)23-21(27)25-15-9-17(10-16-25)20(26)22-11-6-14-24-12-4-5-13-24/h2-3,7-8,17H,4-6,9-16H2,1H3,(H,22,26)(H,23,27). The van der Waals surface area contributed by atoms with Gasteiger partial charge in [-0.2, -0.15) is 0 Å². The summed E-state index contributed by atoms with van der Waals surface area (Å²) in [4.78, 5) is 29.1. The van der Waals surface area contributed by atoms with Crippen LogP contribution >= 0.6 is 0 Å². The van der Waals surface area contributed by atoms with Gasteiger partial charge in [0.1, 0.15) is 5.75 Å². The van der Waals surface area contributed by atoms with Crippen LogP contribution in [0.1, 0.15) is 32.1 Å². The van der Waals surface area contributed by atoms with Gasteiger partial charge in [0, 0.05) is 25.6 Å². The van der Waals surface area contributed by atoms with Crippen molar-refractivity contribution < 1.29 is 14.3 Å². The number of nitrogens with one attached hydrogen (secondary N) is 2. The maximum atomic E-state index is 12.5. The molecule has 2 N–H and O–H groups in total. The zero-order valence-electron chi connectivity index (χ0n) is 16.8. The molecular weight excluding hydrogens is 356 g/mol. The lowest BCUT2D eigenvalue weighted by atomic mass is 9.96. The number of amides is 3. The molecule has 2 saturated heterocycles. The van der Waals surface area contributed by atoms with Gasteiger partial charge in [0.2, 0.25) is 5.91 Å². The molecule has 0 saturated carbocycles. The van der Waals surface area contributed by atoms with E-state index in [4.69, 9.17) is 4.74 Å². The van der Waals surface area contributed by atoms with Crippen molar-refractivity contribution in [1.82, 2.24) is 15.1 Å². The van der Waals surface area contributed by atoms with Crippen LogP contribution in [0.25, 0.3) is 0 Å². The second kappa shape index (κ2) is 10.3. The van der Waals surface area contributed by atoms with Gasteiger partial charge in [-0.15, -0.1) is 0 Å². The minimum Gasteiger partial charge on any atom is -0.495 e. The van der Waals surface area contributed by atoms with Crippen LogP contribution in [-0.2, 0) is 4.79 Å². The first-order chi connectivity index (χ1) is 13.7. The van der Waals surface area contributed by atoms with E-state index in [0.717, 1.165) is 19.5 Å². The summed E-state index contributed by atoms with van der Waals surface area (Å²) < 4.78 is 5.27. The van der Waals surface area contributed by atoms with Crippen molar-refractivity contribution in [1.29, 1.82) is 0 Å². The summed E-state index contributed by atoms with van der Waals surface area (Å²) in [5.74, 6) is 0.771. The minimum absolute atomic E-state index is 0.00194. The highest BCUT2D eigenvalue weighted by atomic mass is 16.5. The van der Waals surface area contributed by atoms with Gasteiger partial charge in [-0.3, -0.25) is 4.79 Å². The van der Waals surface area contributed by atoms with E-state index in [1.807, 2.05) is 24.3 Å². The van der Waals surface area contributed by atoms with Crippen molar-refractivity contribution in [3.8, 4) is 5.75 Å². The maximum absolute atomic E-state index is 12.5. The molecule has 0 spiro atoms. The molecule has 2 heterocycles. The summed E-state index contributed by atoms with van der Waals surface area (Å²) in [5.41, 5.74) is 0.660. The number of ether oxygens (including phenoxy) is 1. The third-order valence-electron chi connectivity index (χ3n) is 5.65. The van der Waals surface area contributed by atoms with E-state index in [0.29, 0.717) is 37.4 Å². The summed E-state index contributed by atoms with van der Waals surface area (Å²) in [7, 11) is 1.58. The van der Waals surface area contributed by atoms with Crippen LogP contribution in [0.2, 0.25) is 0 Å². The summed E-state index contributed by atoms with van der Waals surface area (Å²) in [5, 5.41) is 5.97. The molecule has 0 radical (unpaired) electrons. The Bertz CT molecular complexity index is 653. The van der Waals surface area contributed by atoms with Crippen molar-refractivity contribution in [3.05, 3.63) is 24.3 Å². The normalized spacial score (nSPS) is 18.1. The highest BCUT2D eigenvalue weighted by Gasteiger charge is 2.27. The average molecular weight is 389 g/mol. The van der Waals surface area contributed by atoms with Crippen molar-refractivity contribution in [3.63, 3.8) is 0 Å². The van der Waals surface area contributed by atoms with Crippen molar-refractivity contribution in [2.75, 3.05) is 51.7 Å². The fraction of sp³-hybridized carbons (Fsp3) is 0.619. The van der Waals surface area contributed by atoms with Gasteiger partial charge in [0.15, 0.2) is 0 Å². The van der Waals surface area contributed by atoms with Crippen molar-refractivity contribution in [2.24, 2.45) is 5.92 Å². The van der Waals surface area contributed by atoms with Gasteiger partial charge in [0.05, 0.1) is 12.8 Å². The van der Waals surface area contributed by atoms with Crippen LogP contribution < -0.4 is 15.4 Å². The zero-order chi connectivity index (χ0) is 19.8. The first-order valence-electron chi connectivity index (χ1n) is 10.4. The summed E-state index contributed by atoms with van der Waals surface area (Å²) in [6, 6.07) is 7.21. The highest BCUT2D eigenvalue weighted by molar-refractivity contribution is 5.91. The fourth-order valence-corrected chi connectivity index (χ4v) is 3.95. The third-order valence-corrected chi connectivity index (χ3v) is 5.65. The SMILES string of the molecule is COc1ccccc1NC(=O)N1CCC(C(=O)NCCCN2CCCC2)CC1. The van der Waals surface area contributed by atoms with Gasteiger partial charge >= 0.3 is 6.03 Å². The third kappa shape index (κ3) is 5.61. The number of nitrogens with zero attached hydrogens (tertiary/aromatic N) is 2. The molecule has 2 fully saturated rings. The largest absolute Gasteiger partial charge is 0.495 e. The van der Waals surface area contributed by atoms with Gasteiger partial charge in [0.25, 0.3) is 0 Å². The number of para-hydroxylation sites is 2. The number of methoxy groups -OCH3 is 1. The number of carbonyl (C=O) groups excluding carboxylic acids is 2. The quantitative estimate of drug-likeness (QED) is 0.704. The Balaban J connectivity index is 1.36. The zero-order valence-corrected chi connectivity index (χ0v) is 16.8. The molecule has 7 nitrogen and oxygen atoms in total. The number of anilines is 1. The molecule has 3 rings (SSSR count). The van der Waals surface area contributed by atoms with E-state index >= 15 is 0 Å². The maximum Gasteiger partial charge on any atom is 0.321 e. The van der Waals surface area contributed by atoms with Gasteiger partial charge in [-0.1, -0.05) is 12.1 Å². The van der Waals surface area contributed by atoms with Crippen LogP contribution in [0.3, 0.4) is 0 Å². The topological polar surface area (TPSA) is 73.9 Å². The fourth-order valence-electron chi connectivity index (χ4n) is 3.95. The van der Waals surface area contributed by atoms with Gasteiger partial charge < -0.3 is 25.2 Å². The van der Waals surface area contributed by atoms with Crippen LogP contribution in [0, 0.1) is 5.92 Å². The van der Waals surface area contributed by atoms with E-state index in [9.17, 15) is 9.59 Å². The van der Waals surface area contributed by atoms with E-state index < -0.39 is 0 Å². The van der Waals surface area contributed by atoms with Crippen molar-refractivity contribution in [2.45, 2.75) is 32.1 Å². The Hall–Kier alpha value is -2.28. The lowest BCUT2D eigenvalue weighted by molar-refractivity contribution is -0.126. The number of hydrogen-bond acceptors (Lipinski definition) is 4. The second-order valence-electron chi connectivity index (χ2n) is 7.59. The Labute approximate surface area is 167 Å². The lowest BCUT2D eigenvalue weighted by Crippen LogP contribution is -2.44. The molecule has 0 aliphatic carbocycles. The molecule has 0 bridgehead atoms. The number of benzene rings is 1. The smallest absolute Gasteiger partial charge is 0.321 e. The number of piperidine rings is 1. The van der Waals surface area contributed by atoms with E-state index in [1.54, 1.807) is 12.0 Å². The second-order valence-corrected chi connectivity index (χ2v) is 7.59. The average Bonchev–Trinajstić information content (AvgIpc) is 3.25. The molecule has 2 aliphatic heterocycles. The summed E-state index contributed by atoms with van der Waals surface area (Å²) in [6.45, 7) is 5.39. The van der Waals surface area contributed by atoms with E-state index in [1.165, 1.54) is 25.9 Å². The minimum atomic E-state index is -0.144. The first-order valence-corrected chi connectivity index (χ1v) is 10.4. The van der Waals surface area contributed by atoms with Crippen molar-refractivity contribution >= 4 is 17.6 Å². The molecule has 1 aromatic rings. The number of rotatable bonds is 7. The van der Waals surface area contributed by atoms with Crippen LogP contribution in [0.5, 0.6) is 5.75 Å². The number of hydrogen-bond donors (Lipinski definition) is 2. The molecule has 2 aliphatic rings. The predicted octanol–water partition coefficient (Wildman–Crippen LogP) is 2.54. The molecule has 0 unspecified atom stereocenters. The molecule has 0 aromatic heterocycles. The molecule has 154 valence electrons. The molecular formula is C21H32N4O3. The van der Waals surface area contributed by atoms with E-state index in [2.05, 4.69) is 15.5 Å². The van der Waals surface area contributed by atoms with Gasteiger partial charge in [-0.05, 0) is 63.9 Å². The molecule has 0 atom stereocenters. The van der Waals surface area contributed by atoms with Crippen LogP contribution in [0.15, 0.2) is 24.3 Å².